The van der Waals surface area contributed by atoms with E-state index in [-0.39, 0.29) is 0 Å². The number of allylic oxidation sites excluding steroid dienone is 3. The maximum absolute atomic E-state index is 4.18. The third-order valence-corrected chi connectivity index (χ3v) is 12.5. The van der Waals surface area contributed by atoms with Crippen molar-refractivity contribution in [2.75, 3.05) is 4.90 Å². The van der Waals surface area contributed by atoms with Crippen LogP contribution in [-0.2, 0) is 18.1 Å². The molecule has 0 atom stereocenters. The van der Waals surface area contributed by atoms with E-state index in [1.54, 1.807) is 0 Å². The molecule has 9 aromatic carbocycles. The van der Waals surface area contributed by atoms with Gasteiger partial charge >= 0.3 is 194 Å². The first-order valence-corrected chi connectivity index (χ1v) is 21.5. The van der Waals surface area contributed by atoms with Crippen LogP contribution < -0.4 is 4.90 Å². The molecule has 0 aliphatic carbocycles. The second kappa shape index (κ2) is 16.2. The molecule has 0 saturated heterocycles. The molecule has 0 saturated carbocycles. The fraction of sp³-hybridized carbons (Fsp3) is 0. The molecule has 0 radical (unpaired) electrons. The number of benzene rings is 9. The van der Waals surface area contributed by atoms with E-state index >= 15 is 0 Å². The molecule has 3 heteroatoms. The fourth-order valence-electron chi connectivity index (χ4n) is 8.40. The van der Waals surface area contributed by atoms with Crippen LogP contribution in [0.4, 0.5) is 17.1 Å². The number of nitrogens with zero attached hydrogens (tertiary/aromatic N) is 2. The quantitative estimate of drug-likeness (QED) is 0.124. The predicted molar refractivity (Wildman–Crippen MR) is 253 cm³/mol. The molecule has 0 bridgehead atoms. The molecule has 2 nitrogen and oxygen atoms in total. The minimum absolute atomic E-state index is 1.08. The number of fused-ring (bicyclic) bond motifs is 4. The van der Waals surface area contributed by atoms with Gasteiger partial charge in [-0.25, -0.2) is 0 Å². The van der Waals surface area contributed by atoms with E-state index in [1.807, 2.05) is 24.2 Å². The van der Waals surface area contributed by atoms with E-state index in [0.717, 1.165) is 33.9 Å². The zero-order valence-corrected chi connectivity index (χ0v) is 35.4. The Hall–Kier alpha value is -7.17. The molecule has 286 valence electrons. The molecule has 10 aromatic rings. The van der Waals surface area contributed by atoms with Gasteiger partial charge in [0.15, 0.2) is 0 Å². The Kier molecular flexibility index (Phi) is 10.0. The van der Waals surface area contributed by atoms with E-state index in [4.69, 9.17) is 0 Å². The zero-order chi connectivity index (χ0) is 40.4. The van der Waals surface area contributed by atoms with Crippen LogP contribution in [0.1, 0.15) is 11.1 Å². The van der Waals surface area contributed by atoms with E-state index in [0.29, 0.717) is 0 Å². The van der Waals surface area contributed by atoms with Crippen LogP contribution >= 0.6 is 0 Å². The van der Waals surface area contributed by atoms with Crippen LogP contribution in [0, 0.1) is 0 Å². The van der Waals surface area contributed by atoms with E-state index in [2.05, 4.69) is 241 Å². The van der Waals surface area contributed by atoms with Gasteiger partial charge in [-0.05, 0) is 52.2 Å². The number of para-hydroxylation sites is 2. The standard InChI is InChI=1S/C57H40N2.Os/c1-2-42(25-24-41-14-5-3-6-15-41)43-26-33-49(34-27-43)58(51-37-30-46(31-38-51)53-22-13-17-45-16-9-10-20-52(45)53)50-35-28-44(29-36-50)47-32-39-57-55(40-47)54-21-11-12-23-56(54)59(57)48-18-7-4-8-19-48;/h2-23,25-40H,1H2;/b42-25+;. The summed E-state index contributed by atoms with van der Waals surface area (Å²) in [6, 6.07) is 78.7. The number of hydrogen-bond donors (Lipinski definition) is 0. The van der Waals surface area contributed by atoms with Gasteiger partial charge in [0.2, 0.25) is 0 Å². The van der Waals surface area contributed by atoms with E-state index in [9.17, 15) is 0 Å². The van der Waals surface area contributed by atoms with Crippen LogP contribution in [0.5, 0.6) is 0 Å². The maximum atomic E-state index is 4.18. The summed E-state index contributed by atoms with van der Waals surface area (Å²) in [6.07, 6.45) is 4.18. The Labute approximate surface area is 361 Å². The van der Waals surface area contributed by atoms with E-state index < -0.39 is 0 Å². The van der Waals surface area contributed by atoms with Crippen molar-refractivity contribution in [3.05, 3.63) is 248 Å². The van der Waals surface area contributed by atoms with Crippen LogP contribution in [0.3, 0.4) is 0 Å². The summed E-state index contributed by atoms with van der Waals surface area (Å²) in [5.41, 5.74) is 15.0. The molecular weight excluding hydrogens is 903 g/mol. The topological polar surface area (TPSA) is 8.17 Å². The van der Waals surface area contributed by atoms with Crippen LogP contribution in [-0.4, -0.2) is 8.63 Å². The first-order chi connectivity index (χ1) is 29.6. The molecule has 10 rings (SSSR count). The molecule has 0 amide bonds. The third-order valence-electron chi connectivity index (χ3n) is 11.4. The van der Waals surface area contributed by atoms with Gasteiger partial charge in [-0.3, -0.25) is 0 Å². The molecule has 0 unspecified atom stereocenters. The molecular formula is C57H40N2Os. The summed E-state index contributed by atoms with van der Waals surface area (Å²) < 4.78 is 3.59. The molecule has 1 aromatic heterocycles. The van der Waals surface area contributed by atoms with Crippen molar-refractivity contribution in [2.45, 2.75) is 0 Å². The first-order valence-electron chi connectivity index (χ1n) is 20.2. The average Bonchev–Trinajstić information content (AvgIpc) is 3.65. The van der Waals surface area contributed by atoms with Gasteiger partial charge in [0.1, 0.15) is 0 Å². The summed E-state index contributed by atoms with van der Waals surface area (Å²) in [5.74, 6) is 0. The van der Waals surface area contributed by atoms with Gasteiger partial charge < -0.3 is 4.57 Å². The van der Waals surface area contributed by atoms with Crippen molar-refractivity contribution in [3.63, 3.8) is 0 Å². The average molecular weight is 943 g/mol. The zero-order valence-electron chi connectivity index (χ0n) is 32.9. The number of aromatic nitrogens is 1. The van der Waals surface area contributed by atoms with Crippen molar-refractivity contribution >= 4 is 59.3 Å². The van der Waals surface area contributed by atoms with Gasteiger partial charge in [-0.1, -0.05) is 84.9 Å². The van der Waals surface area contributed by atoms with E-state index in [1.165, 1.54) is 64.5 Å². The molecule has 0 aliphatic heterocycles. The Morgan fingerprint density at radius 1 is 0.450 bits per heavy atom. The predicted octanol–water partition coefficient (Wildman–Crippen LogP) is 15.1. The third kappa shape index (κ3) is 7.05. The summed E-state index contributed by atoms with van der Waals surface area (Å²) in [6.45, 7) is 4.18. The molecule has 0 aliphatic rings. The van der Waals surface area contributed by atoms with Crippen molar-refractivity contribution in [1.82, 2.24) is 4.57 Å². The van der Waals surface area contributed by atoms with Gasteiger partial charge in [-0.15, -0.1) is 0 Å². The Bertz CT molecular complexity index is 3190. The van der Waals surface area contributed by atoms with Crippen molar-refractivity contribution in [2.24, 2.45) is 0 Å². The molecule has 0 N–H and O–H groups in total. The summed E-state index contributed by atoms with van der Waals surface area (Å²) in [5, 5.41) is 4.99. The normalized spacial score (nSPS) is 11.6. The molecule has 0 fully saturated rings. The second-order valence-corrected chi connectivity index (χ2v) is 16.3. The SMILES string of the molecule is C=C/C(=C\[C](=[Os])c1ccccc1)c1ccc(N(c2ccc(-c3ccc4c(c3)c3ccccc3n4-c3ccccc3)cc2)c2ccc(-c3cccc4ccccc34)cc2)cc1. The number of rotatable bonds is 10. The minimum atomic E-state index is 1.08. The summed E-state index contributed by atoms with van der Waals surface area (Å²) in [4.78, 5) is 2.34. The van der Waals surface area contributed by atoms with Crippen molar-refractivity contribution in [3.8, 4) is 27.9 Å². The van der Waals surface area contributed by atoms with Gasteiger partial charge in [0.05, 0.1) is 11.0 Å². The Morgan fingerprint density at radius 3 is 1.70 bits per heavy atom. The molecule has 60 heavy (non-hydrogen) atoms. The Morgan fingerprint density at radius 2 is 1.00 bits per heavy atom. The fourth-order valence-corrected chi connectivity index (χ4v) is 9.22. The number of hydrogen-bond acceptors (Lipinski definition) is 1. The monoisotopic (exact) mass is 944 g/mol. The summed E-state index contributed by atoms with van der Waals surface area (Å²) >= 11 is 1.91. The molecule has 0 spiro atoms. The van der Waals surface area contributed by atoms with Gasteiger partial charge in [-0.2, -0.15) is 0 Å². The van der Waals surface area contributed by atoms with Crippen LogP contribution in [0.2, 0.25) is 0 Å². The summed E-state index contributed by atoms with van der Waals surface area (Å²) in [7, 11) is 0. The van der Waals surface area contributed by atoms with Gasteiger partial charge in [0, 0.05) is 16.5 Å². The second-order valence-electron chi connectivity index (χ2n) is 14.9. The molecule has 1 heterocycles. The van der Waals surface area contributed by atoms with Gasteiger partial charge in [0.25, 0.3) is 0 Å². The first kappa shape index (κ1) is 37.1. The number of anilines is 3. The Balaban J connectivity index is 1.03. The van der Waals surface area contributed by atoms with Crippen LogP contribution in [0.25, 0.3) is 66.1 Å². The van der Waals surface area contributed by atoms with Crippen molar-refractivity contribution in [1.29, 1.82) is 0 Å². The van der Waals surface area contributed by atoms with Crippen LogP contribution in [0.15, 0.2) is 237 Å². The van der Waals surface area contributed by atoms with Crippen molar-refractivity contribution < 1.29 is 18.1 Å².